The van der Waals surface area contributed by atoms with E-state index in [1.54, 1.807) is 0 Å². The summed E-state index contributed by atoms with van der Waals surface area (Å²) in [5.41, 5.74) is 6.29. The van der Waals surface area contributed by atoms with Crippen LogP contribution < -0.4 is 0 Å². The molecule has 0 amide bonds. The molecule has 0 atom stereocenters. The quantitative estimate of drug-likeness (QED) is 0.717. The zero-order valence-electron chi connectivity index (χ0n) is 11.6. The molecule has 0 radical (unpaired) electrons. The standard InChI is InChI=1S/C18H18N2/c1-4-14-16(20-10-1)13-5-11-19-12-15(13)18-8-2-6-17(14,18)7-3-9-18/h1,4-5,10-12H,2-3,6-9H2. The van der Waals surface area contributed by atoms with Gasteiger partial charge in [-0.2, -0.15) is 0 Å². The Bertz CT molecular complexity index is 635. The van der Waals surface area contributed by atoms with Crippen molar-refractivity contribution in [2.75, 3.05) is 0 Å². The normalized spacial score (nSPS) is 33.2. The van der Waals surface area contributed by atoms with Gasteiger partial charge in [0.2, 0.25) is 0 Å². The zero-order valence-corrected chi connectivity index (χ0v) is 11.6. The Morgan fingerprint density at radius 3 is 2.40 bits per heavy atom. The third-order valence-electron chi connectivity index (χ3n) is 6.25. The summed E-state index contributed by atoms with van der Waals surface area (Å²) in [4.78, 5) is 9.20. The smallest absolute Gasteiger partial charge is 0.0743 e. The van der Waals surface area contributed by atoms with Crippen LogP contribution in [0.15, 0.2) is 36.8 Å². The zero-order chi connectivity index (χ0) is 13.2. The van der Waals surface area contributed by atoms with Crippen molar-refractivity contribution >= 4 is 0 Å². The Morgan fingerprint density at radius 2 is 1.60 bits per heavy atom. The fraction of sp³-hybridized carbons (Fsp3) is 0.444. The second kappa shape index (κ2) is 3.49. The third kappa shape index (κ3) is 1.02. The molecule has 0 saturated heterocycles. The summed E-state index contributed by atoms with van der Waals surface area (Å²) in [6.07, 6.45) is 14.0. The van der Waals surface area contributed by atoms with Crippen LogP contribution >= 0.6 is 0 Å². The van der Waals surface area contributed by atoms with Gasteiger partial charge in [-0.25, -0.2) is 0 Å². The van der Waals surface area contributed by atoms with Gasteiger partial charge in [0.05, 0.1) is 5.69 Å². The Morgan fingerprint density at radius 1 is 0.850 bits per heavy atom. The van der Waals surface area contributed by atoms with Crippen LogP contribution in [0.2, 0.25) is 0 Å². The topological polar surface area (TPSA) is 25.8 Å². The summed E-state index contributed by atoms with van der Waals surface area (Å²) in [5, 5.41) is 0. The first-order valence-corrected chi connectivity index (χ1v) is 7.78. The van der Waals surface area contributed by atoms with Crippen molar-refractivity contribution in [2.24, 2.45) is 0 Å². The summed E-state index contributed by atoms with van der Waals surface area (Å²) < 4.78 is 0. The van der Waals surface area contributed by atoms with Gasteiger partial charge < -0.3 is 0 Å². The molecule has 0 spiro atoms. The Hall–Kier alpha value is -1.70. The lowest BCUT2D eigenvalue weighted by Crippen LogP contribution is -2.43. The molecular formula is C18H18N2. The fourth-order valence-electron chi connectivity index (χ4n) is 5.63. The summed E-state index contributed by atoms with van der Waals surface area (Å²) in [6.45, 7) is 0. The molecule has 3 aliphatic rings. The second-order valence-electron chi connectivity index (χ2n) is 6.69. The highest BCUT2D eigenvalue weighted by molar-refractivity contribution is 5.75. The molecule has 0 unspecified atom stereocenters. The Balaban J connectivity index is 1.95. The second-order valence-corrected chi connectivity index (χ2v) is 6.69. The average Bonchev–Trinajstić information content (AvgIpc) is 3.05. The molecule has 0 bridgehead atoms. The van der Waals surface area contributed by atoms with Gasteiger partial charge in [0.1, 0.15) is 0 Å². The Kier molecular flexibility index (Phi) is 1.92. The first-order chi connectivity index (χ1) is 9.87. The molecule has 2 saturated carbocycles. The van der Waals surface area contributed by atoms with Gasteiger partial charge >= 0.3 is 0 Å². The van der Waals surface area contributed by atoms with Gasteiger partial charge in [-0.1, -0.05) is 18.9 Å². The van der Waals surface area contributed by atoms with E-state index in [9.17, 15) is 0 Å². The van der Waals surface area contributed by atoms with Crippen LogP contribution in [0.5, 0.6) is 0 Å². The molecule has 100 valence electrons. The van der Waals surface area contributed by atoms with Gasteiger partial charge in [-0.3, -0.25) is 9.97 Å². The number of hydrogen-bond acceptors (Lipinski definition) is 2. The van der Waals surface area contributed by atoms with Crippen LogP contribution in [0.25, 0.3) is 11.3 Å². The minimum absolute atomic E-state index is 0.354. The summed E-state index contributed by atoms with van der Waals surface area (Å²) in [7, 11) is 0. The maximum atomic E-state index is 4.75. The number of nitrogens with zero attached hydrogens (tertiary/aromatic N) is 2. The van der Waals surface area contributed by atoms with Crippen LogP contribution in [-0.4, -0.2) is 9.97 Å². The van der Waals surface area contributed by atoms with Crippen molar-refractivity contribution in [3.05, 3.63) is 47.9 Å². The highest BCUT2D eigenvalue weighted by atomic mass is 14.8. The van der Waals surface area contributed by atoms with Crippen LogP contribution in [0.3, 0.4) is 0 Å². The monoisotopic (exact) mass is 262 g/mol. The maximum Gasteiger partial charge on any atom is 0.0743 e. The van der Waals surface area contributed by atoms with Crippen molar-refractivity contribution in [2.45, 2.75) is 49.4 Å². The van der Waals surface area contributed by atoms with Gasteiger partial charge in [0.15, 0.2) is 0 Å². The number of aromatic nitrogens is 2. The van der Waals surface area contributed by atoms with Gasteiger partial charge in [0.25, 0.3) is 0 Å². The van der Waals surface area contributed by atoms with E-state index in [0.717, 1.165) is 0 Å². The van der Waals surface area contributed by atoms with E-state index in [1.807, 2.05) is 12.4 Å². The molecule has 5 rings (SSSR count). The Labute approximate surface area is 119 Å². The fourth-order valence-corrected chi connectivity index (χ4v) is 5.63. The van der Waals surface area contributed by atoms with Crippen LogP contribution in [0.1, 0.15) is 49.7 Å². The largest absolute Gasteiger partial charge is 0.264 e. The van der Waals surface area contributed by atoms with Gasteiger partial charge in [0, 0.05) is 35.0 Å². The molecule has 2 aromatic heterocycles. The SMILES string of the molecule is c1cnc2c(c1)C13CCCC1(CCC3)c1cnccc1-2. The van der Waals surface area contributed by atoms with E-state index in [-0.39, 0.29) is 0 Å². The first-order valence-electron chi connectivity index (χ1n) is 7.78. The molecule has 2 fully saturated rings. The number of pyridine rings is 2. The predicted molar refractivity (Wildman–Crippen MR) is 78.5 cm³/mol. The molecule has 20 heavy (non-hydrogen) atoms. The van der Waals surface area contributed by atoms with Crippen molar-refractivity contribution in [3.8, 4) is 11.3 Å². The molecule has 0 aromatic carbocycles. The maximum absolute atomic E-state index is 4.75. The molecule has 2 heteroatoms. The number of hydrogen-bond donors (Lipinski definition) is 0. The number of rotatable bonds is 0. The minimum atomic E-state index is 0.354. The summed E-state index contributed by atoms with van der Waals surface area (Å²) in [6, 6.07) is 6.65. The molecule has 2 heterocycles. The summed E-state index contributed by atoms with van der Waals surface area (Å²) in [5.74, 6) is 0. The first kappa shape index (κ1) is 11.0. The van der Waals surface area contributed by atoms with Gasteiger partial charge in [-0.15, -0.1) is 0 Å². The van der Waals surface area contributed by atoms with Crippen LogP contribution in [0, 0.1) is 0 Å². The van der Waals surface area contributed by atoms with E-state index in [0.29, 0.717) is 10.8 Å². The molecule has 2 aromatic rings. The highest BCUT2D eigenvalue weighted by Gasteiger charge is 2.62. The van der Waals surface area contributed by atoms with E-state index >= 15 is 0 Å². The predicted octanol–water partition coefficient (Wildman–Crippen LogP) is 4.00. The third-order valence-corrected chi connectivity index (χ3v) is 6.25. The average molecular weight is 262 g/mol. The van der Waals surface area contributed by atoms with E-state index in [4.69, 9.17) is 4.98 Å². The van der Waals surface area contributed by atoms with E-state index in [1.165, 1.54) is 60.9 Å². The highest BCUT2D eigenvalue weighted by Crippen LogP contribution is 2.68. The molecule has 2 nitrogen and oxygen atoms in total. The van der Waals surface area contributed by atoms with Crippen molar-refractivity contribution in [1.82, 2.24) is 9.97 Å². The lowest BCUT2D eigenvalue weighted by atomic mass is 9.56. The minimum Gasteiger partial charge on any atom is -0.264 e. The van der Waals surface area contributed by atoms with Crippen LogP contribution in [-0.2, 0) is 10.8 Å². The molecular weight excluding hydrogens is 244 g/mol. The summed E-state index contributed by atoms with van der Waals surface area (Å²) >= 11 is 0. The molecule has 0 aliphatic heterocycles. The van der Waals surface area contributed by atoms with E-state index < -0.39 is 0 Å². The number of fused-ring (bicyclic) bond motifs is 3. The molecule has 0 N–H and O–H groups in total. The molecule has 3 aliphatic carbocycles. The van der Waals surface area contributed by atoms with Crippen LogP contribution in [0.4, 0.5) is 0 Å². The van der Waals surface area contributed by atoms with Crippen molar-refractivity contribution < 1.29 is 0 Å². The van der Waals surface area contributed by atoms with Crippen molar-refractivity contribution in [1.29, 1.82) is 0 Å². The van der Waals surface area contributed by atoms with E-state index in [2.05, 4.69) is 29.4 Å². The lowest BCUT2D eigenvalue weighted by Gasteiger charge is -2.46. The van der Waals surface area contributed by atoms with Gasteiger partial charge in [-0.05, 0) is 48.9 Å². The lowest BCUT2D eigenvalue weighted by molar-refractivity contribution is 0.297. The van der Waals surface area contributed by atoms with Crippen molar-refractivity contribution in [3.63, 3.8) is 0 Å².